The van der Waals surface area contributed by atoms with E-state index in [1.807, 2.05) is 11.1 Å². The topological polar surface area (TPSA) is 81.0 Å². The number of aromatic nitrogens is 4. The molecule has 2 aromatic rings. The molecule has 124 valence electrons. The van der Waals surface area contributed by atoms with E-state index >= 15 is 0 Å². The van der Waals surface area contributed by atoms with Crippen LogP contribution < -0.4 is 5.56 Å². The zero-order chi connectivity index (χ0) is 16.8. The predicted molar refractivity (Wildman–Crippen MR) is 86.3 cm³/mol. The molecule has 4 heterocycles. The lowest BCUT2D eigenvalue weighted by Crippen LogP contribution is -2.45. The van der Waals surface area contributed by atoms with E-state index in [2.05, 4.69) is 15.0 Å². The number of carbonyl (C=O) groups is 1. The maximum atomic E-state index is 12.9. The molecule has 0 saturated carbocycles. The molecule has 0 spiro atoms. The predicted octanol–water partition coefficient (Wildman–Crippen LogP) is 0.939. The molecule has 7 nitrogen and oxygen atoms in total. The highest BCUT2D eigenvalue weighted by atomic mass is 16.2. The van der Waals surface area contributed by atoms with Gasteiger partial charge in [-0.1, -0.05) is 0 Å². The first-order chi connectivity index (χ1) is 11.6. The molecular weight excluding hydrogens is 306 g/mol. The Labute approximate surface area is 139 Å². The summed E-state index contributed by atoms with van der Waals surface area (Å²) in [4.78, 5) is 39.8. The van der Waals surface area contributed by atoms with Gasteiger partial charge in [0.2, 0.25) is 5.91 Å². The summed E-state index contributed by atoms with van der Waals surface area (Å²) in [5.74, 6) is -0.0378. The number of fused-ring (bicyclic) bond motifs is 4. The average molecular weight is 325 g/mol. The van der Waals surface area contributed by atoms with Gasteiger partial charge in [0.05, 0.1) is 18.1 Å². The number of aryl methyl sites for hydroxylation is 1. The number of hydrogen-bond donors (Lipinski definition) is 0. The molecule has 7 heteroatoms. The van der Waals surface area contributed by atoms with Crippen molar-refractivity contribution < 1.29 is 4.79 Å². The summed E-state index contributed by atoms with van der Waals surface area (Å²) in [7, 11) is 0. The lowest BCUT2D eigenvalue weighted by molar-refractivity contribution is -0.135. The first-order valence-corrected chi connectivity index (χ1v) is 8.19. The summed E-state index contributed by atoms with van der Waals surface area (Å²) in [6, 6.07) is 0.197. The van der Waals surface area contributed by atoms with Crippen molar-refractivity contribution in [1.82, 2.24) is 24.4 Å². The Kier molecular flexibility index (Phi) is 3.44. The molecule has 2 bridgehead atoms. The lowest BCUT2D eigenvalue weighted by Gasteiger charge is -2.35. The summed E-state index contributed by atoms with van der Waals surface area (Å²) in [5, 5.41) is 0. The Balaban J connectivity index is 1.63. The Morgan fingerprint density at radius 3 is 2.96 bits per heavy atom. The molecule has 24 heavy (non-hydrogen) atoms. The fraction of sp³-hybridized carbons (Fsp3) is 0.471. The molecule has 1 fully saturated rings. The van der Waals surface area contributed by atoms with E-state index in [1.165, 1.54) is 10.9 Å². The van der Waals surface area contributed by atoms with Gasteiger partial charge in [0, 0.05) is 35.5 Å². The highest BCUT2D eigenvalue weighted by molar-refractivity contribution is 5.77. The van der Waals surface area contributed by atoms with E-state index in [9.17, 15) is 9.59 Å². The van der Waals surface area contributed by atoms with Gasteiger partial charge in [-0.2, -0.15) is 0 Å². The molecule has 0 aromatic carbocycles. The van der Waals surface area contributed by atoms with Crippen molar-refractivity contribution in [1.29, 1.82) is 0 Å². The minimum absolute atomic E-state index is 0.0302. The Morgan fingerprint density at radius 1 is 1.29 bits per heavy atom. The average Bonchev–Trinajstić information content (AvgIpc) is 2.90. The SMILES string of the molecule is Cc1ncn(CC(=O)N2C3CCC2c2cncnc2C3)c(=O)c1C. The second-order valence-corrected chi connectivity index (χ2v) is 6.56. The zero-order valence-corrected chi connectivity index (χ0v) is 13.8. The van der Waals surface area contributed by atoms with Gasteiger partial charge < -0.3 is 4.90 Å². The first kappa shape index (κ1) is 15.0. The standard InChI is InChI=1S/C17H19N5O2/c1-10-11(2)20-9-21(17(10)24)7-16(23)22-12-3-4-15(22)13-6-18-8-19-14(13)5-12/h6,8-9,12,15H,3-5,7H2,1-2H3. The van der Waals surface area contributed by atoms with Gasteiger partial charge in [0.25, 0.3) is 5.56 Å². The molecule has 1 saturated heterocycles. The third kappa shape index (κ3) is 2.23. The first-order valence-electron chi connectivity index (χ1n) is 8.19. The molecule has 0 N–H and O–H groups in total. The second-order valence-electron chi connectivity index (χ2n) is 6.56. The normalized spacial score (nSPS) is 21.7. The summed E-state index contributed by atoms with van der Waals surface area (Å²) in [6.45, 7) is 3.57. The van der Waals surface area contributed by atoms with Crippen LogP contribution in [0.15, 0.2) is 23.6 Å². The lowest BCUT2D eigenvalue weighted by atomic mass is 9.99. The number of nitrogens with zero attached hydrogens (tertiary/aromatic N) is 5. The van der Waals surface area contributed by atoms with Crippen LogP contribution in [0.3, 0.4) is 0 Å². The maximum Gasteiger partial charge on any atom is 0.256 e. The third-order valence-corrected chi connectivity index (χ3v) is 5.23. The molecule has 2 aliphatic rings. The molecule has 2 atom stereocenters. The second kappa shape index (κ2) is 5.51. The van der Waals surface area contributed by atoms with Crippen molar-refractivity contribution in [3.63, 3.8) is 0 Å². The monoisotopic (exact) mass is 325 g/mol. The van der Waals surface area contributed by atoms with Crippen LogP contribution in [0.1, 0.15) is 41.4 Å². The van der Waals surface area contributed by atoms with Crippen LogP contribution in [0.25, 0.3) is 0 Å². The third-order valence-electron chi connectivity index (χ3n) is 5.23. The Hall–Kier alpha value is -2.57. The number of rotatable bonds is 2. The van der Waals surface area contributed by atoms with E-state index in [1.54, 1.807) is 20.2 Å². The van der Waals surface area contributed by atoms with Crippen molar-refractivity contribution in [2.24, 2.45) is 0 Å². The van der Waals surface area contributed by atoms with Gasteiger partial charge >= 0.3 is 0 Å². The quantitative estimate of drug-likeness (QED) is 0.821. The van der Waals surface area contributed by atoms with Crippen LogP contribution in [0, 0.1) is 13.8 Å². The van der Waals surface area contributed by atoms with E-state index in [-0.39, 0.29) is 30.1 Å². The smallest absolute Gasteiger partial charge is 0.256 e. The molecule has 1 amide bonds. The van der Waals surface area contributed by atoms with Gasteiger partial charge in [0.1, 0.15) is 12.9 Å². The van der Waals surface area contributed by atoms with Crippen LogP contribution in [0.5, 0.6) is 0 Å². The summed E-state index contributed by atoms with van der Waals surface area (Å²) < 4.78 is 1.40. The van der Waals surface area contributed by atoms with E-state index in [0.717, 1.165) is 30.5 Å². The fourth-order valence-corrected chi connectivity index (χ4v) is 3.82. The minimum atomic E-state index is -0.149. The van der Waals surface area contributed by atoms with E-state index < -0.39 is 0 Å². The van der Waals surface area contributed by atoms with Crippen LogP contribution in [0.4, 0.5) is 0 Å². The molecule has 2 aliphatic heterocycles. The van der Waals surface area contributed by atoms with Crippen molar-refractivity contribution >= 4 is 5.91 Å². The van der Waals surface area contributed by atoms with Crippen LogP contribution in [-0.4, -0.2) is 36.4 Å². The van der Waals surface area contributed by atoms with Crippen molar-refractivity contribution in [3.05, 3.63) is 51.7 Å². The van der Waals surface area contributed by atoms with Gasteiger partial charge in [-0.3, -0.25) is 14.2 Å². The maximum absolute atomic E-state index is 12.9. The molecule has 4 rings (SSSR count). The van der Waals surface area contributed by atoms with Crippen molar-refractivity contribution in [3.8, 4) is 0 Å². The molecule has 0 aliphatic carbocycles. The molecule has 0 radical (unpaired) electrons. The fourth-order valence-electron chi connectivity index (χ4n) is 3.82. The Bertz CT molecular complexity index is 876. The van der Waals surface area contributed by atoms with Crippen LogP contribution in [0.2, 0.25) is 0 Å². The zero-order valence-electron chi connectivity index (χ0n) is 13.8. The summed E-state index contributed by atoms with van der Waals surface area (Å²) >= 11 is 0. The van der Waals surface area contributed by atoms with Crippen LogP contribution in [-0.2, 0) is 17.8 Å². The summed E-state index contributed by atoms with van der Waals surface area (Å²) in [6.07, 6.45) is 7.50. The number of carbonyl (C=O) groups excluding carboxylic acids is 1. The van der Waals surface area contributed by atoms with E-state index in [4.69, 9.17) is 0 Å². The molecular formula is C17H19N5O2. The van der Waals surface area contributed by atoms with Crippen molar-refractivity contribution in [2.45, 2.75) is 51.7 Å². The van der Waals surface area contributed by atoms with Crippen molar-refractivity contribution in [2.75, 3.05) is 0 Å². The summed E-state index contributed by atoms with van der Waals surface area (Å²) in [5.41, 5.74) is 3.24. The van der Waals surface area contributed by atoms with Gasteiger partial charge in [-0.25, -0.2) is 15.0 Å². The minimum Gasteiger partial charge on any atom is -0.331 e. The number of amides is 1. The highest BCUT2D eigenvalue weighted by Gasteiger charge is 2.43. The largest absolute Gasteiger partial charge is 0.331 e. The highest BCUT2D eigenvalue weighted by Crippen LogP contribution is 2.42. The van der Waals surface area contributed by atoms with Crippen LogP contribution >= 0.6 is 0 Å². The van der Waals surface area contributed by atoms with Gasteiger partial charge in [0.15, 0.2) is 0 Å². The van der Waals surface area contributed by atoms with Gasteiger partial charge in [-0.05, 0) is 26.7 Å². The molecule has 2 unspecified atom stereocenters. The van der Waals surface area contributed by atoms with E-state index in [0.29, 0.717) is 11.3 Å². The molecule has 2 aromatic heterocycles. The number of hydrogen-bond acceptors (Lipinski definition) is 5. The van der Waals surface area contributed by atoms with Gasteiger partial charge in [-0.15, -0.1) is 0 Å². The Morgan fingerprint density at radius 2 is 2.12 bits per heavy atom.